The van der Waals surface area contributed by atoms with Crippen LogP contribution in [0.3, 0.4) is 0 Å². The molecule has 0 aliphatic rings. The van der Waals surface area contributed by atoms with Gasteiger partial charge in [0, 0.05) is 10.6 Å². The molecule has 0 aliphatic carbocycles. The molecule has 0 saturated heterocycles. The average molecular weight is 400 g/mol. The fourth-order valence-corrected chi connectivity index (χ4v) is 2.78. The Balaban J connectivity index is 1.58. The first-order chi connectivity index (χ1) is 13.4. The normalized spacial score (nSPS) is 12.0. The Hall–Kier alpha value is -2.86. The Bertz CT molecular complexity index is 938. The van der Waals surface area contributed by atoms with Crippen molar-refractivity contribution in [1.29, 1.82) is 0 Å². The van der Waals surface area contributed by atoms with Crippen molar-refractivity contribution in [1.82, 2.24) is 15.5 Å². The maximum absolute atomic E-state index is 12.4. The predicted octanol–water partition coefficient (Wildman–Crippen LogP) is 4.60. The Kier molecular flexibility index (Phi) is 6.31. The van der Waals surface area contributed by atoms with Gasteiger partial charge in [0.25, 0.3) is 5.91 Å². The fourth-order valence-electron chi connectivity index (χ4n) is 2.66. The molecule has 1 unspecified atom stereocenters. The lowest BCUT2D eigenvalue weighted by Gasteiger charge is -2.18. The summed E-state index contributed by atoms with van der Waals surface area (Å²) >= 11 is 5.88. The number of nitrogens with zero attached hydrogens (tertiary/aromatic N) is 2. The largest absolute Gasteiger partial charge is 0.481 e. The van der Waals surface area contributed by atoms with E-state index in [-0.39, 0.29) is 12.5 Å². The van der Waals surface area contributed by atoms with Crippen molar-refractivity contribution in [3.05, 3.63) is 65.0 Å². The molecule has 3 aromatic rings. The predicted molar refractivity (Wildman–Crippen MR) is 107 cm³/mol. The summed E-state index contributed by atoms with van der Waals surface area (Å²) in [6.45, 7) is 6.00. The van der Waals surface area contributed by atoms with E-state index in [2.05, 4.69) is 29.3 Å². The van der Waals surface area contributed by atoms with Crippen LogP contribution in [0.1, 0.15) is 38.1 Å². The molecule has 1 heterocycles. The smallest absolute Gasteiger partial charge is 0.261 e. The van der Waals surface area contributed by atoms with E-state index in [0.717, 1.165) is 11.1 Å². The molecule has 1 atom stereocenters. The Labute approximate surface area is 168 Å². The lowest BCUT2D eigenvalue weighted by Crippen LogP contribution is -2.36. The summed E-state index contributed by atoms with van der Waals surface area (Å²) in [5.74, 6) is 1.51. The number of nitrogens with one attached hydrogen (secondary N) is 1. The van der Waals surface area contributed by atoms with Gasteiger partial charge in [-0.05, 0) is 48.7 Å². The van der Waals surface area contributed by atoms with Crippen molar-refractivity contribution in [2.45, 2.75) is 39.3 Å². The van der Waals surface area contributed by atoms with Crippen LogP contribution >= 0.6 is 11.6 Å². The molecule has 0 aliphatic heterocycles. The van der Waals surface area contributed by atoms with Crippen molar-refractivity contribution in [2.75, 3.05) is 0 Å². The quantitative estimate of drug-likeness (QED) is 0.628. The zero-order valence-electron chi connectivity index (χ0n) is 16.0. The van der Waals surface area contributed by atoms with Gasteiger partial charge in [0.1, 0.15) is 5.75 Å². The minimum atomic E-state index is -0.654. The highest BCUT2D eigenvalue weighted by molar-refractivity contribution is 6.30. The number of carbonyl (C=O) groups is 1. The number of halogens is 1. The zero-order valence-corrected chi connectivity index (χ0v) is 16.7. The highest BCUT2D eigenvalue weighted by Crippen LogP contribution is 2.26. The van der Waals surface area contributed by atoms with Gasteiger partial charge in [-0.3, -0.25) is 4.79 Å². The van der Waals surface area contributed by atoms with Crippen LogP contribution in [0.15, 0.2) is 53.1 Å². The molecule has 0 bridgehead atoms. The van der Waals surface area contributed by atoms with E-state index in [1.54, 1.807) is 31.2 Å². The standard InChI is InChI=1S/C21H22ClN3O3/c1-13(2)17-6-4-5-7-18(17)27-14(3)21(26)23-12-19-24-20(25-28-19)15-8-10-16(22)11-9-15/h4-11,13-14H,12H2,1-3H3,(H,23,26). The van der Waals surface area contributed by atoms with Crippen LogP contribution in [0, 0.1) is 0 Å². The third-order valence-electron chi connectivity index (χ3n) is 4.20. The number of benzene rings is 2. The van der Waals surface area contributed by atoms with E-state index >= 15 is 0 Å². The first-order valence-corrected chi connectivity index (χ1v) is 9.43. The lowest BCUT2D eigenvalue weighted by molar-refractivity contribution is -0.127. The maximum atomic E-state index is 12.4. The van der Waals surface area contributed by atoms with Crippen molar-refractivity contribution >= 4 is 17.5 Å². The second-order valence-electron chi connectivity index (χ2n) is 6.69. The molecular weight excluding hydrogens is 378 g/mol. The summed E-state index contributed by atoms with van der Waals surface area (Å²) in [6, 6.07) is 14.8. The van der Waals surface area contributed by atoms with Crippen LogP contribution in [0.4, 0.5) is 0 Å². The van der Waals surface area contributed by atoms with Gasteiger partial charge in [0.2, 0.25) is 11.7 Å². The minimum absolute atomic E-state index is 0.124. The minimum Gasteiger partial charge on any atom is -0.481 e. The van der Waals surface area contributed by atoms with Crippen molar-refractivity contribution in [3.8, 4) is 17.1 Å². The monoisotopic (exact) mass is 399 g/mol. The number of amides is 1. The summed E-state index contributed by atoms with van der Waals surface area (Å²) in [5.41, 5.74) is 1.85. The molecule has 1 N–H and O–H groups in total. The van der Waals surface area contributed by atoms with Gasteiger partial charge in [-0.2, -0.15) is 4.98 Å². The zero-order chi connectivity index (χ0) is 20.1. The van der Waals surface area contributed by atoms with Crippen LogP contribution < -0.4 is 10.1 Å². The number of para-hydroxylation sites is 1. The summed E-state index contributed by atoms with van der Waals surface area (Å²) in [4.78, 5) is 16.7. The van der Waals surface area contributed by atoms with Crippen molar-refractivity contribution < 1.29 is 14.1 Å². The second-order valence-corrected chi connectivity index (χ2v) is 7.13. The third-order valence-corrected chi connectivity index (χ3v) is 4.45. The summed E-state index contributed by atoms with van der Waals surface area (Å²) in [7, 11) is 0. The first-order valence-electron chi connectivity index (χ1n) is 9.06. The number of aromatic nitrogens is 2. The van der Waals surface area contributed by atoms with E-state index in [0.29, 0.717) is 28.4 Å². The van der Waals surface area contributed by atoms with Crippen molar-refractivity contribution in [2.24, 2.45) is 0 Å². The molecule has 0 spiro atoms. The van der Waals surface area contributed by atoms with Gasteiger partial charge in [0.05, 0.1) is 6.54 Å². The molecule has 0 fully saturated rings. The van der Waals surface area contributed by atoms with Crippen LogP contribution in [0.2, 0.25) is 5.02 Å². The van der Waals surface area contributed by atoms with Gasteiger partial charge < -0.3 is 14.6 Å². The molecular formula is C21H22ClN3O3. The summed E-state index contributed by atoms with van der Waals surface area (Å²) in [6.07, 6.45) is -0.654. The molecule has 1 amide bonds. The van der Waals surface area contributed by atoms with Crippen LogP contribution in [0.25, 0.3) is 11.4 Å². The Morgan fingerprint density at radius 1 is 1.14 bits per heavy atom. The average Bonchev–Trinajstić information content (AvgIpc) is 3.16. The van der Waals surface area contributed by atoms with E-state index in [9.17, 15) is 4.79 Å². The number of carbonyl (C=O) groups excluding carboxylic acids is 1. The lowest BCUT2D eigenvalue weighted by atomic mass is 10.0. The van der Waals surface area contributed by atoms with Gasteiger partial charge >= 0.3 is 0 Å². The summed E-state index contributed by atoms with van der Waals surface area (Å²) in [5, 5.41) is 7.32. The van der Waals surface area contributed by atoms with E-state index in [4.69, 9.17) is 20.9 Å². The molecule has 3 rings (SSSR count). The highest BCUT2D eigenvalue weighted by atomic mass is 35.5. The van der Waals surface area contributed by atoms with Crippen LogP contribution in [-0.4, -0.2) is 22.2 Å². The number of rotatable bonds is 7. The van der Waals surface area contributed by atoms with Crippen LogP contribution in [-0.2, 0) is 11.3 Å². The molecule has 7 heteroatoms. The fraction of sp³-hybridized carbons (Fsp3) is 0.286. The number of hydrogen-bond acceptors (Lipinski definition) is 5. The molecule has 1 aromatic heterocycles. The van der Waals surface area contributed by atoms with Crippen LogP contribution in [0.5, 0.6) is 5.75 Å². The van der Waals surface area contributed by atoms with Gasteiger partial charge in [-0.1, -0.05) is 48.8 Å². The Morgan fingerprint density at radius 2 is 1.86 bits per heavy atom. The maximum Gasteiger partial charge on any atom is 0.261 e. The van der Waals surface area contributed by atoms with E-state index in [1.807, 2.05) is 24.3 Å². The molecule has 0 saturated carbocycles. The molecule has 0 radical (unpaired) electrons. The summed E-state index contributed by atoms with van der Waals surface area (Å²) < 4.78 is 11.1. The van der Waals surface area contributed by atoms with E-state index in [1.165, 1.54) is 0 Å². The topological polar surface area (TPSA) is 77.2 Å². The molecule has 2 aromatic carbocycles. The Morgan fingerprint density at radius 3 is 2.57 bits per heavy atom. The molecule has 6 nitrogen and oxygen atoms in total. The number of ether oxygens (including phenoxy) is 1. The highest BCUT2D eigenvalue weighted by Gasteiger charge is 2.18. The molecule has 146 valence electrons. The van der Waals surface area contributed by atoms with Crippen molar-refractivity contribution in [3.63, 3.8) is 0 Å². The van der Waals surface area contributed by atoms with Gasteiger partial charge in [-0.25, -0.2) is 0 Å². The van der Waals surface area contributed by atoms with Gasteiger partial charge in [0.15, 0.2) is 6.10 Å². The SMILES string of the molecule is CC(Oc1ccccc1C(C)C)C(=O)NCc1nc(-c2ccc(Cl)cc2)no1. The van der Waals surface area contributed by atoms with E-state index < -0.39 is 6.10 Å². The number of hydrogen-bond donors (Lipinski definition) is 1. The second kappa shape index (κ2) is 8.89. The van der Waals surface area contributed by atoms with Gasteiger partial charge in [-0.15, -0.1) is 0 Å². The third kappa shape index (κ3) is 4.89. The molecule has 28 heavy (non-hydrogen) atoms. The first kappa shape index (κ1) is 19.9.